The van der Waals surface area contributed by atoms with Crippen molar-refractivity contribution in [2.24, 2.45) is 0 Å². The summed E-state index contributed by atoms with van der Waals surface area (Å²) >= 11 is 0. The molecule has 0 aromatic carbocycles. The van der Waals surface area contributed by atoms with Crippen LogP contribution in [0.5, 0.6) is 0 Å². The van der Waals surface area contributed by atoms with Crippen LogP contribution in [0.4, 0.5) is 4.79 Å². The fourth-order valence-corrected chi connectivity index (χ4v) is 3.10. The van der Waals surface area contributed by atoms with Crippen LogP contribution < -0.4 is 5.32 Å². The molecule has 7 nitrogen and oxygen atoms in total. The van der Waals surface area contributed by atoms with E-state index in [9.17, 15) is 14.7 Å². The third-order valence-electron chi connectivity index (χ3n) is 4.26. The Morgan fingerprint density at radius 2 is 1.95 bits per heavy atom. The van der Waals surface area contributed by atoms with Crippen LogP contribution >= 0.6 is 0 Å². The van der Waals surface area contributed by atoms with E-state index in [1.54, 1.807) is 4.90 Å². The van der Waals surface area contributed by atoms with E-state index in [2.05, 4.69) is 10.2 Å². The van der Waals surface area contributed by atoms with Gasteiger partial charge in [0.1, 0.15) is 0 Å². The minimum Gasteiger partial charge on any atom is -0.481 e. The molecule has 120 valence electrons. The van der Waals surface area contributed by atoms with Gasteiger partial charge in [-0.2, -0.15) is 0 Å². The van der Waals surface area contributed by atoms with Gasteiger partial charge in [0.15, 0.2) is 0 Å². The molecule has 0 aliphatic carbocycles. The Kier molecular flexibility index (Phi) is 5.05. The highest BCUT2D eigenvalue weighted by Crippen LogP contribution is 2.20. The first kappa shape index (κ1) is 16.0. The van der Waals surface area contributed by atoms with Gasteiger partial charge in [-0.3, -0.25) is 9.69 Å². The van der Waals surface area contributed by atoms with Gasteiger partial charge in [-0.15, -0.1) is 0 Å². The molecule has 2 aliphatic heterocycles. The minimum absolute atomic E-state index is 0.0526. The Morgan fingerprint density at radius 1 is 1.29 bits per heavy atom. The molecule has 0 aromatic rings. The number of nitrogens with zero attached hydrogens (tertiary/aromatic N) is 2. The number of carbonyl (C=O) groups is 2. The van der Waals surface area contributed by atoms with Gasteiger partial charge in [0.05, 0.1) is 12.0 Å². The summed E-state index contributed by atoms with van der Waals surface area (Å²) in [5, 5.41) is 21.2. The number of hydrogen-bond donors (Lipinski definition) is 3. The number of carbonyl (C=O) groups excluding carboxylic acids is 1. The first-order chi connectivity index (χ1) is 9.87. The summed E-state index contributed by atoms with van der Waals surface area (Å²) in [5.41, 5.74) is -1.42. The maximum Gasteiger partial charge on any atom is 0.317 e. The van der Waals surface area contributed by atoms with Crippen LogP contribution in [-0.4, -0.2) is 76.4 Å². The van der Waals surface area contributed by atoms with Gasteiger partial charge in [0.25, 0.3) is 0 Å². The van der Waals surface area contributed by atoms with E-state index in [0.717, 1.165) is 19.5 Å². The molecule has 2 heterocycles. The number of carboxylic acid groups (broad SMARTS) is 1. The Morgan fingerprint density at radius 3 is 2.57 bits per heavy atom. The smallest absolute Gasteiger partial charge is 0.317 e. The van der Waals surface area contributed by atoms with E-state index < -0.39 is 11.6 Å². The largest absolute Gasteiger partial charge is 0.481 e. The summed E-state index contributed by atoms with van der Waals surface area (Å²) in [6, 6.07) is 0.222. The highest BCUT2D eigenvalue weighted by atomic mass is 16.4. The molecule has 2 fully saturated rings. The number of amides is 2. The van der Waals surface area contributed by atoms with Crippen molar-refractivity contribution in [1.82, 2.24) is 15.1 Å². The molecule has 21 heavy (non-hydrogen) atoms. The van der Waals surface area contributed by atoms with E-state index >= 15 is 0 Å². The van der Waals surface area contributed by atoms with E-state index in [1.165, 1.54) is 19.8 Å². The van der Waals surface area contributed by atoms with Crippen molar-refractivity contribution in [3.8, 4) is 0 Å². The number of carboxylic acids is 1. The Bertz CT molecular complexity index is 394. The third-order valence-corrected chi connectivity index (χ3v) is 4.26. The van der Waals surface area contributed by atoms with E-state index in [1.807, 2.05) is 0 Å². The van der Waals surface area contributed by atoms with Crippen molar-refractivity contribution in [2.75, 3.05) is 32.7 Å². The molecule has 0 spiro atoms. The molecule has 2 saturated heterocycles. The lowest BCUT2D eigenvalue weighted by molar-refractivity contribution is -0.141. The second-order valence-electron chi connectivity index (χ2n) is 6.36. The lowest BCUT2D eigenvalue weighted by Crippen LogP contribution is -2.47. The van der Waals surface area contributed by atoms with Crippen LogP contribution in [0.15, 0.2) is 0 Å². The first-order valence-corrected chi connectivity index (χ1v) is 7.58. The van der Waals surface area contributed by atoms with Crippen LogP contribution in [0.2, 0.25) is 0 Å². The second kappa shape index (κ2) is 6.62. The molecule has 0 bridgehead atoms. The van der Waals surface area contributed by atoms with E-state index in [0.29, 0.717) is 19.1 Å². The first-order valence-electron chi connectivity index (χ1n) is 7.58. The number of likely N-dealkylation sites (tertiary alicyclic amines) is 2. The van der Waals surface area contributed by atoms with Crippen molar-refractivity contribution in [3.63, 3.8) is 0 Å². The number of urea groups is 1. The monoisotopic (exact) mass is 299 g/mol. The standard InChI is InChI=1S/C14H25N3O4/c1-14(21,8-12(18)19)10-15-13(20)17-7-4-11(9-17)16-5-2-3-6-16/h11,21H,2-10H2,1H3,(H,15,20)(H,18,19). The predicted octanol–water partition coefficient (Wildman–Crippen LogP) is 0.0918. The Labute approximate surface area is 124 Å². The highest BCUT2D eigenvalue weighted by Gasteiger charge is 2.32. The molecule has 0 aromatic heterocycles. The molecule has 2 rings (SSSR count). The van der Waals surface area contributed by atoms with Crippen LogP contribution in [0, 0.1) is 0 Å². The van der Waals surface area contributed by atoms with Crippen LogP contribution in [0.1, 0.15) is 32.6 Å². The zero-order valence-electron chi connectivity index (χ0n) is 12.5. The van der Waals surface area contributed by atoms with E-state index in [4.69, 9.17) is 5.11 Å². The summed E-state index contributed by atoms with van der Waals surface area (Å²) in [6.07, 6.45) is 3.07. The van der Waals surface area contributed by atoms with Crippen molar-refractivity contribution < 1.29 is 19.8 Å². The van der Waals surface area contributed by atoms with Gasteiger partial charge in [-0.25, -0.2) is 4.79 Å². The van der Waals surface area contributed by atoms with Crippen molar-refractivity contribution in [1.29, 1.82) is 0 Å². The zero-order valence-corrected chi connectivity index (χ0v) is 12.5. The lowest BCUT2D eigenvalue weighted by Gasteiger charge is -2.25. The van der Waals surface area contributed by atoms with Gasteiger partial charge in [0, 0.05) is 25.7 Å². The fourth-order valence-electron chi connectivity index (χ4n) is 3.10. The summed E-state index contributed by atoms with van der Waals surface area (Å²) in [6.45, 7) is 5.03. The molecule has 2 atom stereocenters. The molecule has 0 radical (unpaired) electrons. The van der Waals surface area contributed by atoms with Gasteiger partial charge in [-0.05, 0) is 39.3 Å². The Balaban J connectivity index is 1.75. The summed E-state index contributed by atoms with van der Waals surface area (Å²) in [4.78, 5) is 26.9. The van der Waals surface area contributed by atoms with Gasteiger partial charge in [0.2, 0.25) is 0 Å². The normalized spacial score (nSPS) is 25.8. The average Bonchev–Trinajstić information content (AvgIpc) is 3.04. The quantitative estimate of drug-likeness (QED) is 0.669. The number of hydrogen-bond acceptors (Lipinski definition) is 4. The number of nitrogens with one attached hydrogen (secondary N) is 1. The fraction of sp³-hybridized carbons (Fsp3) is 0.857. The van der Waals surface area contributed by atoms with Crippen LogP contribution in [0.3, 0.4) is 0 Å². The topological polar surface area (TPSA) is 93.1 Å². The molecule has 2 unspecified atom stereocenters. The summed E-state index contributed by atoms with van der Waals surface area (Å²) in [7, 11) is 0. The molecular weight excluding hydrogens is 274 g/mol. The molecule has 2 amide bonds. The van der Waals surface area contributed by atoms with Crippen molar-refractivity contribution >= 4 is 12.0 Å². The van der Waals surface area contributed by atoms with Crippen molar-refractivity contribution in [3.05, 3.63) is 0 Å². The second-order valence-corrected chi connectivity index (χ2v) is 6.36. The molecule has 3 N–H and O–H groups in total. The van der Waals surface area contributed by atoms with Gasteiger partial charge in [-0.1, -0.05) is 0 Å². The number of aliphatic carboxylic acids is 1. The van der Waals surface area contributed by atoms with Gasteiger partial charge < -0.3 is 20.4 Å². The third kappa shape index (κ3) is 4.57. The maximum atomic E-state index is 12.1. The predicted molar refractivity (Wildman–Crippen MR) is 77.1 cm³/mol. The maximum absolute atomic E-state index is 12.1. The Hall–Kier alpha value is -1.34. The summed E-state index contributed by atoms with van der Waals surface area (Å²) < 4.78 is 0. The molecule has 0 saturated carbocycles. The highest BCUT2D eigenvalue weighted by molar-refractivity contribution is 5.75. The minimum atomic E-state index is -1.42. The van der Waals surface area contributed by atoms with Crippen molar-refractivity contribution in [2.45, 2.75) is 44.2 Å². The number of aliphatic hydroxyl groups is 1. The van der Waals surface area contributed by atoms with Gasteiger partial charge >= 0.3 is 12.0 Å². The van der Waals surface area contributed by atoms with Crippen LogP contribution in [0.25, 0.3) is 0 Å². The van der Waals surface area contributed by atoms with Crippen LogP contribution in [-0.2, 0) is 4.79 Å². The molecule has 7 heteroatoms. The molecule has 2 aliphatic rings. The number of rotatable bonds is 5. The lowest BCUT2D eigenvalue weighted by atomic mass is 10.0. The SMILES string of the molecule is CC(O)(CNC(=O)N1CCC(N2CCCC2)C1)CC(=O)O. The zero-order chi connectivity index (χ0) is 15.5. The van der Waals surface area contributed by atoms with E-state index in [-0.39, 0.29) is 19.0 Å². The molecular formula is C14H25N3O4. The summed E-state index contributed by atoms with van der Waals surface area (Å²) in [5.74, 6) is -1.08. The average molecular weight is 299 g/mol.